The van der Waals surface area contributed by atoms with Gasteiger partial charge in [-0.2, -0.15) is 0 Å². The van der Waals surface area contributed by atoms with Crippen molar-refractivity contribution >= 4 is 0 Å². The highest BCUT2D eigenvalue weighted by molar-refractivity contribution is 4.59. The number of ether oxygens (including phenoxy) is 2. The summed E-state index contributed by atoms with van der Waals surface area (Å²) in [5, 5.41) is 0. The van der Waals surface area contributed by atoms with Crippen molar-refractivity contribution in [3.8, 4) is 0 Å². The Labute approximate surface area is 107 Å². The first-order valence-electron chi connectivity index (χ1n) is 7.20. The molecule has 0 fully saturated rings. The summed E-state index contributed by atoms with van der Waals surface area (Å²) in [5.41, 5.74) is 5.74. The van der Waals surface area contributed by atoms with Gasteiger partial charge >= 0.3 is 0 Å². The van der Waals surface area contributed by atoms with Gasteiger partial charge in [-0.25, -0.2) is 0 Å². The predicted octanol–water partition coefficient (Wildman–Crippen LogP) is 2.97. The van der Waals surface area contributed by atoms with Gasteiger partial charge in [0.15, 0.2) is 0 Å². The molecule has 0 saturated heterocycles. The summed E-state index contributed by atoms with van der Waals surface area (Å²) in [6.45, 7) is 8.57. The molecule has 0 atom stereocenters. The summed E-state index contributed by atoms with van der Waals surface area (Å²) in [5.74, 6) is 0.554. The molecule has 0 bridgehead atoms. The molecule has 104 valence electrons. The van der Waals surface area contributed by atoms with E-state index in [4.69, 9.17) is 15.2 Å². The molecule has 0 radical (unpaired) electrons. The smallest absolute Gasteiger partial charge is 0.0469 e. The molecule has 0 spiro atoms. The van der Waals surface area contributed by atoms with E-state index in [0.717, 1.165) is 58.7 Å². The fourth-order valence-electron chi connectivity index (χ4n) is 1.58. The zero-order chi connectivity index (χ0) is 12.8. The zero-order valence-electron chi connectivity index (χ0n) is 11.7. The minimum absolute atomic E-state index is 0.554. The molecule has 3 heteroatoms. The van der Waals surface area contributed by atoms with Gasteiger partial charge in [0.25, 0.3) is 0 Å². The second-order valence-corrected chi connectivity index (χ2v) is 4.61. The molecule has 0 aliphatic rings. The third-order valence-corrected chi connectivity index (χ3v) is 2.96. The zero-order valence-corrected chi connectivity index (χ0v) is 11.7. The average Bonchev–Trinajstić information content (AvgIpc) is 2.36. The summed E-state index contributed by atoms with van der Waals surface area (Å²) in [6, 6.07) is 0. The van der Waals surface area contributed by atoms with Crippen LogP contribution in [0.2, 0.25) is 0 Å². The van der Waals surface area contributed by atoms with Gasteiger partial charge in [0.2, 0.25) is 0 Å². The molecule has 0 amide bonds. The van der Waals surface area contributed by atoms with E-state index in [-0.39, 0.29) is 0 Å². The second kappa shape index (κ2) is 13.9. The first-order chi connectivity index (χ1) is 8.35. The lowest BCUT2D eigenvalue weighted by atomic mass is 10.0. The lowest BCUT2D eigenvalue weighted by molar-refractivity contribution is 0.0954. The normalized spacial score (nSPS) is 11.3. The molecule has 3 nitrogen and oxygen atoms in total. The van der Waals surface area contributed by atoms with Crippen LogP contribution in [0, 0.1) is 5.92 Å². The molecule has 0 aliphatic carbocycles. The first kappa shape index (κ1) is 16.9. The van der Waals surface area contributed by atoms with Crippen molar-refractivity contribution in [1.82, 2.24) is 0 Å². The topological polar surface area (TPSA) is 44.5 Å². The van der Waals surface area contributed by atoms with Crippen LogP contribution in [-0.4, -0.2) is 33.0 Å². The van der Waals surface area contributed by atoms with Crippen molar-refractivity contribution in [2.75, 3.05) is 33.0 Å². The minimum Gasteiger partial charge on any atom is -0.381 e. The third kappa shape index (κ3) is 12.1. The van der Waals surface area contributed by atoms with Crippen molar-refractivity contribution in [3.05, 3.63) is 0 Å². The van der Waals surface area contributed by atoms with E-state index in [1.54, 1.807) is 0 Å². The first-order valence-corrected chi connectivity index (χ1v) is 7.20. The van der Waals surface area contributed by atoms with Crippen LogP contribution in [0.3, 0.4) is 0 Å². The fraction of sp³-hybridized carbons (Fsp3) is 1.00. The Kier molecular flexibility index (Phi) is 13.8. The number of nitrogens with two attached hydrogens (primary N) is 1. The largest absolute Gasteiger partial charge is 0.381 e. The van der Waals surface area contributed by atoms with Crippen molar-refractivity contribution in [2.45, 2.75) is 52.4 Å². The van der Waals surface area contributed by atoms with Crippen LogP contribution in [0.4, 0.5) is 0 Å². The van der Waals surface area contributed by atoms with Crippen LogP contribution in [0.25, 0.3) is 0 Å². The number of rotatable bonds is 13. The summed E-state index contributed by atoms with van der Waals surface area (Å²) in [7, 11) is 0. The van der Waals surface area contributed by atoms with Crippen LogP contribution >= 0.6 is 0 Å². The number of unbranched alkanes of at least 4 members (excludes halogenated alkanes) is 2. The maximum atomic E-state index is 5.74. The highest BCUT2D eigenvalue weighted by Gasteiger charge is 2.06. The molecule has 0 aromatic rings. The van der Waals surface area contributed by atoms with Gasteiger partial charge in [-0.1, -0.05) is 26.7 Å². The lowest BCUT2D eigenvalue weighted by Gasteiger charge is -2.14. The minimum atomic E-state index is 0.554. The van der Waals surface area contributed by atoms with E-state index in [1.807, 2.05) is 0 Å². The van der Waals surface area contributed by atoms with Gasteiger partial charge in [-0.3, -0.25) is 0 Å². The quantitative estimate of drug-likeness (QED) is 0.507. The Hall–Kier alpha value is -0.120. The van der Waals surface area contributed by atoms with Crippen LogP contribution < -0.4 is 5.73 Å². The Balaban J connectivity index is 3.30. The van der Waals surface area contributed by atoms with Gasteiger partial charge < -0.3 is 15.2 Å². The molecule has 0 rings (SSSR count). The number of hydrogen-bond donors (Lipinski definition) is 1. The molecule has 0 heterocycles. The molecule has 2 N–H and O–H groups in total. The summed E-state index contributed by atoms with van der Waals surface area (Å²) >= 11 is 0. The molecule has 0 aliphatic heterocycles. The van der Waals surface area contributed by atoms with E-state index < -0.39 is 0 Å². The maximum Gasteiger partial charge on any atom is 0.0469 e. The molecule has 17 heavy (non-hydrogen) atoms. The highest BCUT2D eigenvalue weighted by Crippen LogP contribution is 2.07. The van der Waals surface area contributed by atoms with Crippen molar-refractivity contribution in [1.29, 1.82) is 0 Å². The molecular formula is C14H31NO2. The predicted molar refractivity (Wildman–Crippen MR) is 73.2 cm³/mol. The molecule has 0 saturated carbocycles. The fourth-order valence-corrected chi connectivity index (χ4v) is 1.58. The highest BCUT2D eigenvalue weighted by atomic mass is 16.5. The van der Waals surface area contributed by atoms with E-state index in [0.29, 0.717) is 5.92 Å². The van der Waals surface area contributed by atoms with Crippen LogP contribution in [0.5, 0.6) is 0 Å². The van der Waals surface area contributed by atoms with Gasteiger partial charge in [-0.15, -0.1) is 0 Å². The number of hydrogen-bond acceptors (Lipinski definition) is 3. The Morgan fingerprint density at radius 1 is 0.824 bits per heavy atom. The summed E-state index contributed by atoms with van der Waals surface area (Å²) in [4.78, 5) is 0. The van der Waals surface area contributed by atoms with Crippen LogP contribution in [-0.2, 0) is 9.47 Å². The molecule has 0 aromatic carbocycles. The van der Waals surface area contributed by atoms with Gasteiger partial charge in [0.1, 0.15) is 0 Å². The second-order valence-electron chi connectivity index (χ2n) is 4.61. The summed E-state index contributed by atoms with van der Waals surface area (Å²) < 4.78 is 11.1. The summed E-state index contributed by atoms with van der Waals surface area (Å²) in [6.07, 6.45) is 6.85. The Morgan fingerprint density at radius 2 is 1.29 bits per heavy atom. The SMILES string of the molecule is CCCCOCCC(CN)CCOCCCC. The molecular weight excluding hydrogens is 214 g/mol. The Morgan fingerprint density at radius 3 is 1.65 bits per heavy atom. The van der Waals surface area contributed by atoms with E-state index >= 15 is 0 Å². The van der Waals surface area contributed by atoms with Crippen LogP contribution in [0.15, 0.2) is 0 Å². The third-order valence-electron chi connectivity index (χ3n) is 2.96. The van der Waals surface area contributed by atoms with Gasteiger partial charge in [0.05, 0.1) is 0 Å². The van der Waals surface area contributed by atoms with Gasteiger partial charge in [-0.05, 0) is 38.1 Å². The lowest BCUT2D eigenvalue weighted by Crippen LogP contribution is -2.18. The molecule has 0 aromatic heterocycles. The average molecular weight is 245 g/mol. The monoisotopic (exact) mass is 245 g/mol. The van der Waals surface area contributed by atoms with E-state index in [2.05, 4.69) is 13.8 Å². The maximum absolute atomic E-state index is 5.74. The molecule has 0 unspecified atom stereocenters. The van der Waals surface area contributed by atoms with Crippen molar-refractivity contribution in [3.63, 3.8) is 0 Å². The van der Waals surface area contributed by atoms with Gasteiger partial charge in [0, 0.05) is 26.4 Å². The van der Waals surface area contributed by atoms with Crippen molar-refractivity contribution < 1.29 is 9.47 Å². The van der Waals surface area contributed by atoms with E-state index in [1.165, 1.54) is 12.8 Å². The van der Waals surface area contributed by atoms with Crippen molar-refractivity contribution in [2.24, 2.45) is 11.7 Å². The standard InChI is InChI=1S/C14H31NO2/c1-3-5-9-16-11-7-14(13-15)8-12-17-10-6-4-2/h14H,3-13,15H2,1-2H3. The Bertz CT molecular complexity index is 128. The van der Waals surface area contributed by atoms with Crippen LogP contribution in [0.1, 0.15) is 52.4 Å². The van der Waals surface area contributed by atoms with E-state index in [9.17, 15) is 0 Å².